The number of aryl methyl sites for hydroxylation is 1. The highest BCUT2D eigenvalue weighted by Gasteiger charge is 1.78. The van der Waals surface area contributed by atoms with Gasteiger partial charge in [-0.15, -0.1) is 24.8 Å². The van der Waals surface area contributed by atoms with E-state index in [1.54, 1.807) is 0 Å². The highest BCUT2D eigenvalue weighted by Crippen LogP contribution is 1.59. The first-order valence-electron chi connectivity index (χ1n) is 1.87. The molecule has 1 rings (SSSR count). The van der Waals surface area contributed by atoms with E-state index in [0.29, 0.717) is 0 Å². The number of nitrogens with zero attached hydrogens (tertiary/aromatic N) is 1. The average molecular weight is 191 g/mol. The summed E-state index contributed by atoms with van der Waals surface area (Å²) in [5.41, 5.74) is 0. The van der Waals surface area contributed by atoms with Crippen molar-refractivity contribution in [3.8, 4) is 0 Å². The molecule has 1 aromatic rings. The number of hydrogen-bond donors (Lipinski definition) is 1. The molecule has 2 nitrogen and oxygen atoms in total. The molecule has 0 aliphatic heterocycles. The molecule has 0 amide bonds. The fraction of sp³-hybridized carbons (Fsp3) is 0.250. The molecule has 0 saturated carbocycles. The van der Waals surface area contributed by atoms with E-state index >= 15 is 0 Å². The number of nitrogens with one attached hydrogen (secondary N) is 1. The van der Waals surface area contributed by atoms with Gasteiger partial charge in [0.15, 0.2) is 0 Å². The van der Waals surface area contributed by atoms with Crippen LogP contribution >= 0.6 is 24.8 Å². The smallest absolute Gasteiger partial charge is 0.241 e. The molecule has 0 aromatic carbocycles. The number of rotatable bonds is 0. The van der Waals surface area contributed by atoms with Crippen molar-refractivity contribution in [2.24, 2.45) is 7.05 Å². The first-order chi connectivity index (χ1) is 2.89. The van der Waals surface area contributed by atoms with Crippen molar-refractivity contribution >= 4 is 24.8 Å². The van der Waals surface area contributed by atoms with Gasteiger partial charge in [0.05, 0.1) is 7.05 Å². The minimum absolute atomic E-state index is 0. The summed E-state index contributed by atoms with van der Waals surface area (Å²) >= 11 is 0. The lowest BCUT2D eigenvalue weighted by Crippen LogP contribution is -3.00. The standard InChI is InChI=1S/C4H6N2.3ClH/c1-6-3-2-5-4-6;;;/h2-4H,1H3;3*1H. The zero-order chi connectivity index (χ0) is 4.41. The number of imidazole rings is 1. The van der Waals surface area contributed by atoms with Gasteiger partial charge in [-0.1, -0.05) is 0 Å². The van der Waals surface area contributed by atoms with Crippen LogP contribution in [-0.2, 0) is 7.05 Å². The van der Waals surface area contributed by atoms with Crippen LogP contribution in [0.3, 0.4) is 0 Å². The van der Waals surface area contributed by atoms with E-state index in [2.05, 4.69) is 4.98 Å². The highest BCUT2D eigenvalue weighted by atomic mass is 35.5. The van der Waals surface area contributed by atoms with Crippen molar-refractivity contribution in [2.45, 2.75) is 0 Å². The lowest BCUT2D eigenvalue weighted by molar-refractivity contribution is -0.670. The Morgan fingerprint density at radius 1 is 1.33 bits per heavy atom. The van der Waals surface area contributed by atoms with Gasteiger partial charge in [0.25, 0.3) is 0 Å². The van der Waals surface area contributed by atoms with Crippen LogP contribution in [0.25, 0.3) is 0 Å². The van der Waals surface area contributed by atoms with Crippen molar-refractivity contribution in [3.63, 3.8) is 0 Å². The molecule has 1 heterocycles. The molecule has 0 atom stereocenters. The third-order valence-corrected chi connectivity index (χ3v) is 0.684. The van der Waals surface area contributed by atoms with Crippen molar-refractivity contribution in [1.29, 1.82) is 0 Å². The predicted octanol–water partition coefficient (Wildman–Crippen LogP) is -2.31. The molecular formula is C4H9Cl3N2. The molecule has 0 spiro atoms. The topological polar surface area (TPSA) is 19.7 Å². The van der Waals surface area contributed by atoms with Gasteiger partial charge >= 0.3 is 0 Å². The van der Waals surface area contributed by atoms with E-state index in [-0.39, 0.29) is 37.2 Å². The molecule has 0 radical (unpaired) electrons. The van der Waals surface area contributed by atoms with Crippen molar-refractivity contribution < 1.29 is 17.0 Å². The van der Waals surface area contributed by atoms with Crippen LogP contribution < -0.4 is 17.0 Å². The normalized spacial score (nSPS) is 5.89. The van der Waals surface area contributed by atoms with Crippen LogP contribution in [0.4, 0.5) is 0 Å². The molecule has 0 aliphatic carbocycles. The maximum Gasteiger partial charge on any atom is 0.241 e. The van der Waals surface area contributed by atoms with E-state index in [1.165, 1.54) is 0 Å². The Labute approximate surface area is 72.9 Å². The van der Waals surface area contributed by atoms with Gasteiger partial charge in [-0.25, -0.2) is 4.57 Å². The average Bonchev–Trinajstić information content (AvgIpc) is 1.86. The third-order valence-electron chi connectivity index (χ3n) is 0.684. The van der Waals surface area contributed by atoms with Crippen LogP contribution in [-0.4, -0.2) is 4.98 Å². The zero-order valence-electron chi connectivity index (χ0n) is 4.87. The maximum atomic E-state index is 2.89. The fourth-order valence-corrected chi connectivity index (χ4v) is 0.364. The Bertz CT molecular complexity index is 117. The van der Waals surface area contributed by atoms with E-state index in [9.17, 15) is 0 Å². The predicted molar refractivity (Wildman–Crippen MR) is 36.5 cm³/mol. The Balaban J connectivity index is -0.000000120. The van der Waals surface area contributed by atoms with E-state index in [0.717, 1.165) is 0 Å². The number of halogens is 3. The van der Waals surface area contributed by atoms with E-state index in [4.69, 9.17) is 0 Å². The summed E-state index contributed by atoms with van der Waals surface area (Å²) in [6, 6.07) is 0. The maximum absolute atomic E-state index is 2.89. The zero-order valence-corrected chi connectivity index (χ0v) is 7.26. The Hall–Kier alpha value is 0.0800. The first kappa shape index (κ1) is 16.0. The van der Waals surface area contributed by atoms with Crippen LogP contribution in [0.1, 0.15) is 0 Å². The Morgan fingerprint density at radius 2 is 1.89 bits per heavy atom. The van der Waals surface area contributed by atoms with Gasteiger partial charge in [0.1, 0.15) is 12.4 Å². The monoisotopic (exact) mass is 190 g/mol. The summed E-state index contributed by atoms with van der Waals surface area (Å²) in [7, 11) is 1.97. The summed E-state index contributed by atoms with van der Waals surface area (Å²) in [5, 5.41) is 0. The molecule has 0 fully saturated rings. The molecule has 56 valence electrons. The highest BCUT2D eigenvalue weighted by molar-refractivity contribution is 5.85. The number of aromatic amines is 1. The van der Waals surface area contributed by atoms with Crippen LogP contribution in [0.15, 0.2) is 18.7 Å². The van der Waals surface area contributed by atoms with E-state index in [1.807, 2.05) is 30.3 Å². The minimum atomic E-state index is 0. The molecule has 1 aromatic heterocycles. The molecule has 0 unspecified atom stereocenters. The molecular weight excluding hydrogens is 182 g/mol. The summed E-state index contributed by atoms with van der Waals surface area (Å²) in [4.78, 5) is 2.89. The fourth-order valence-electron chi connectivity index (χ4n) is 0.364. The minimum Gasteiger partial charge on any atom is -1.00 e. The lowest BCUT2D eigenvalue weighted by Gasteiger charge is -1.66. The summed E-state index contributed by atoms with van der Waals surface area (Å²) in [5.74, 6) is 0. The quantitative estimate of drug-likeness (QED) is 0.445. The summed E-state index contributed by atoms with van der Waals surface area (Å²) in [6.45, 7) is 0. The van der Waals surface area contributed by atoms with Crippen LogP contribution in [0.2, 0.25) is 0 Å². The number of aromatic nitrogens is 2. The number of H-pyrrole nitrogens is 1. The number of hydrogen-bond acceptors (Lipinski definition) is 0. The Morgan fingerprint density at radius 3 is 2.00 bits per heavy atom. The second-order valence-corrected chi connectivity index (χ2v) is 1.28. The third kappa shape index (κ3) is 5.96. The SMILES string of the molecule is C[n+]1cc[nH]c1.Cl.Cl.[Cl-]. The first-order valence-corrected chi connectivity index (χ1v) is 1.87. The molecule has 0 aliphatic rings. The van der Waals surface area contributed by atoms with Gasteiger partial charge in [-0.2, -0.15) is 0 Å². The second-order valence-electron chi connectivity index (χ2n) is 1.28. The van der Waals surface area contributed by atoms with Gasteiger partial charge in [-0.3, -0.25) is 4.98 Å². The lowest BCUT2D eigenvalue weighted by atomic mass is 10.9. The van der Waals surface area contributed by atoms with Crippen LogP contribution in [0.5, 0.6) is 0 Å². The molecule has 9 heavy (non-hydrogen) atoms. The summed E-state index contributed by atoms with van der Waals surface area (Å²) < 4.78 is 1.94. The van der Waals surface area contributed by atoms with E-state index < -0.39 is 0 Å². The van der Waals surface area contributed by atoms with Crippen molar-refractivity contribution in [1.82, 2.24) is 4.98 Å². The second kappa shape index (κ2) is 8.08. The molecule has 5 heteroatoms. The summed E-state index contributed by atoms with van der Waals surface area (Å²) in [6.07, 6.45) is 5.69. The molecule has 0 bridgehead atoms. The Kier molecular flexibility index (Phi) is 14.4. The van der Waals surface area contributed by atoms with Gasteiger partial charge in [0, 0.05) is 0 Å². The van der Waals surface area contributed by atoms with Crippen molar-refractivity contribution in [3.05, 3.63) is 18.7 Å². The van der Waals surface area contributed by atoms with Gasteiger partial charge in [0.2, 0.25) is 6.33 Å². The molecule has 1 N–H and O–H groups in total. The van der Waals surface area contributed by atoms with Crippen LogP contribution in [0, 0.1) is 0 Å². The van der Waals surface area contributed by atoms with Crippen molar-refractivity contribution in [2.75, 3.05) is 0 Å². The molecule has 0 saturated heterocycles. The largest absolute Gasteiger partial charge is 1.00 e. The van der Waals surface area contributed by atoms with Gasteiger partial charge < -0.3 is 12.4 Å². The van der Waals surface area contributed by atoms with Gasteiger partial charge in [-0.05, 0) is 0 Å².